The second-order valence-corrected chi connectivity index (χ2v) is 4.57. The monoisotopic (exact) mass is 253 g/mol. The number of amidine groups is 1. The summed E-state index contributed by atoms with van der Waals surface area (Å²) in [6.07, 6.45) is 2.92. The molecule has 0 aromatic carbocycles. The van der Waals surface area contributed by atoms with E-state index in [-0.39, 0.29) is 18.1 Å². The molecule has 6 nitrogen and oxygen atoms in total. The van der Waals surface area contributed by atoms with Crippen molar-refractivity contribution in [2.24, 2.45) is 17.6 Å². The Labute approximate surface area is 104 Å². The van der Waals surface area contributed by atoms with Crippen molar-refractivity contribution >= 4 is 11.7 Å². The van der Waals surface area contributed by atoms with Gasteiger partial charge in [0.05, 0.1) is 6.20 Å². The number of aliphatic hydroxyl groups excluding tert-OH is 1. The third kappa shape index (κ3) is 2.73. The zero-order chi connectivity index (χ0) is 13.1. The fourth-order valence-electron chi connectivity index (χ4n) is 2.12. The number of nitrogens with two attached hydrogens (primary N) is 1. The van der Waals surface area contributed by atoms with Crippen LogP contribution >= 0.6 is 0 Å². The van der Waals surface area contributed by atoms with Gasteiger partial charge in [0.1, 0.15) is 11.5 Å². The lowest BCUT2D eigenvalue weighted by molar-refractivity contribution is 0.114. The normalized spacial score (nSPS) is 22.3. The van der Waals surface area contributed by atoms with Gasteiger partial charge in [0.2, 0.25) is 5.95 Å². The molecule has 0 spiro atoms. The minimum atomic E-state index is -0.755. The number of nitrogens with one attached hydrogen (secondary N) is 2. The van der Waals surface area contributed by atoms with Crippen LogP contribution in [-0.4, -0.2) is 34.1 Å². The zero-order valence-electron chi connectivity index (χ0n) is 9.86. The number of aromatic nitrogens is 2. The van der Waals surface area contributed by atoms with E-state index in [1.54, 1.807) is 0 Å². The van der Waals surface area contributed by atoms with Crippen LogP contribution in [0.4, 0.5) is 10.2 Å². The summed E-state index contributed by atoms with van der Waals surface area (Å²) in [6, 6.07) is 0. The number of hydrogen-bond donors (Lipinski definition) is 4. The van der Waals surface area contributed by atoms with E-state index in [2.05, 4.69) is 15.3 Å². The SMILES string of the molecule is N=C(N)c1nc(F)cnc1NCC1CC(CO)C1. The third-order valence-electron chi connectivity index (χ3n) is 3.15. The molecule has 5 N–H and O–H groups in total. The van der Waals surface area contributed by atoms with Crippen molar-refractivity contribution in [2.45, 2.75) is 12.8 Å². The molecule has 1 aliphatic rings. The van der Waals surface area contributed by atoms with Crippen molar-refractivity contribution in [2.75, 3.05) is 18.5 Å². The second kappa shape index (κ2) is 5.26. The van der Waals surface area contributed by atoms with Gasteiger partial charge in [0.15, 0.2) is 5.82 Å². The van der Waals surface area contributed by atoms with Crippen LogP contribution in [0.2, 0.25) is 0 Å². The van der Waals surface area contributed by atoms with Gasteiger partial charge >= 0.3 is 0 Å². The van der Waals surface area contributed by atoms with Crippen LogP contribution in [0, 0.1) is 23.2 Å². The molecule has 1 heterocycles. The van der Waals surface area contributed by atoms with E-state index in [1.165, 1.54) is 0 Å². The van der Waals surface area contributed by atoms with Crippen LogP contribution in [0.25, 0.3) is 0 Å². The van der Waals surface area contributed by atoms with Crippen molar-refractivity contribution < 1.29 is 9.50 Å². The molecule has 0 bridgehead atoms. The number of aliphatic hydroxyl groups is 1. The van der Waals surface area contributed by atoms with Crippen molar-refractivity contribution in [3.63, 3.8) is 0 Å². The summed E-state index contributed by atoms with van der Waals surface area (Å²) in [4.78, 5) is 7.39. The molecule has 98 valence electrons. The van der Waals surface area contributed by atoms with Crippen LogP contribution in [0.3, 0.4) is 0 Å². The summed E-state index contributed by atoms with van der Waals surface area (Å²) in [5, 5.41) is 19.2. The minimum absolute atomic E-state index is 0.0352. The predicted molar refractivity (Wildman–Crippen MR) is 64.8 cm³/mol. The Hall–Kier alpha value is -1.76. The van der Waals surface area contributed by atoms with Gasteiger partial charge in [-0.1, -0.05) is 0 Å². The lowest BCUT2D eigenvalue weighted by atomic mass is 9.75. The van der Waals surface area contributed by atoms with Gasteiger partial charge < -0.3 is 16.2 Å². The largest absolute Gasteiger partial charge is 0.396 e. The average Bonchev–Trinajstić information content (AvgIpc) is 2.28. The van der Waals surface area contributed by atoms with Gasteiger partial charge in [-0.2, -0.15) is 4.39 Å². The third-order valence-corrected chi connectivity index (χ3v) is 3.15. The van der Waals surface area contributed by atoms with Crippen molar-refractivity contribution in [1.29, 1.82) is 5.41 Å². The topological polar surface area (TPSA) is 108 Å². The van der Waals surface area contributed by atoms with E-state index in [4.69, 9.17) is 16.2 Å². The number of hydrogen-bond acceptors (Lipinski definition) is 5. The van der Waals surface area contributed by atoms with Crippen molar-refractivity contribution in [3.8, 4) is 0 Å². The summed E-state index contributed by atoms with van der Waals surface area (Å²) in [5.41, 5.74) is 5.36. The number of halogens is 1. The van der Waals surface area contributed by atoms with Crippen LogP contribution in [-0.2, 0) is 0 Å². The molecule has 0 atom stereocenters. The molecule has 0 amide bonds. The summed E-state index contributed by atoms with van der Waals surface area (Å²) in [7, 11) is 0. The fraction of sp³-hybridized carbons (Fsp3) is 0.545. The maximum atomic E-state index is 12.9. The summed E-state index contributed by atoms with van der Waals surface area (Å²) >= 11 is 0. The smallest absolute Gasteiger partial charge is 0.232 e. The van der Waals surface area contributed by atoms with Gasteiger partial charge in [-0.05, 0) is 24.7 Å². The quantitative estimate of drug-likeness (QED) is 0.447. The molecule has 18 heavy (non-hydrogen) atoms. The molecule has 1 aromatic rings. The van der Waals surface area contributed by atoms with Crippen LogP contribution < -0.4 is 11.1 Å². The van der Waals surface area contributed by atoms with Crippen LogP contribution in [0.1, 0.15) is 18.5 Å². The van der Waals surface area contributed by atoms with E-state index >= 15 is 0 Å². The Morgan fingerprint density at radius 2 is 2.28 bits per heavy atom. The Kier molecular flexibility index (Phi) is 3.71. The number of nitrogen functional groups attached to an aromatic ring is 1. The van der Waals surface area contributed by atoms with Gasteiger partial charge in [0, 0.05) is 13.2 Å². The van der Waals surface area contributed by atoms with E-state index in [9.17, 15) is 4.39 Å². The molecule has 1 fully saturated rings. The fourth-order valence-corrected chi connectivity index (χ4v) is 2.12. The van der Waals surface area contributed by atoms with E-state index in [0.29, 0.717) is 24.2 Å². The van der Waals surface area contributed by atoms with Crippen molar-refractivity contribution in [1.82, 2.24) is 9.97 Å². The Morgan fingerprint density at radius 3 is 2.89 bits per heavy atom. The Balaban J connectivity index is 1.95. The number of anilines is 1. The maximum absolute atomic E-state index is 12.9. The molecular weight excluding hydrogens is 237 g/mol. The lowest BCUT2D eigenvalue weighted by Gasteiger charge is -2.34. The molecule has 1 aromatic heterocycles. The standard InChI is InChI=1S/C11H16FN5O/c12-8-4-16-11(9(17-8)10(13)14)15-3-6-1-7(2-6)5-18/h4,6-7,18H,1-3,5H2,(H3,13,14)(H,15,16). The van der Waals surface area contributed by atoms with E-state index in [0.717, 1.165) is 19.0 Å². The molecule has 1 saturated carbocycles. The minimum Gasteiger partial charge on any atom is -0.396 e. The Bertz CT molecular complexity index is 447. The zero-order valence-corrected chi connectivity index (χ0v) is 9.86. The summed E-state index contributed by atoms with van der Waals surface area (Å²) < 4.78 is 12.9. The molecule has 1 aliphatic carbocycles. The average molecular weight is 253 g/mol. The van der Waals surface area contributed by atoms with E-state index < -0.39 is 5.95 Å². The van der Waals surface area contributed by atoms with Crippen LogP contribution in [0.5, 0.6) is 0 Å². The number of nitrogens with zero attached hydrogens (tertiary/aromatic N) is 2. The Morgan fingerprint density at radius 1 is 1.56 bits per heavy atom. The van der Waals surface area contributed by atoms with Gasteiger partial charge in [0.25, 0.3) is 0 Å². The highest BCUT2D eigenvalue weighted by molar-refractivity contribution is 5.97. The first-order valence-corrected chi connectivity index (χ1v) is 5.81. The number of rotatable bonds is 5. The molecule has 7 heteroatoms. The molecule has 0 unspecified atom stereocenters. The van der Waals surface area contributed by atoms with Gasteiger partial charge in [-0.3, -0.25) is 5.41 Å². The highest BCUT2D eigenvalue weighted by Crippen LogP contribution is 2.33. The molecule has 0 aliphatic heterocycles. The molecule has 0 radical (unpaired) electrons. The molecular formula is C11H16FN5O. The van der Waals surface area contributed by atoms with Gasteiger partial charge in [-0.25, -0.2) is 9.97 Å². The predicted octanol–water partition coefficient (Wildman–Crippen LogP) is 0.330. The maximum Gasteiger partial charge on any atom is 0.232 e. The highest BCUT2D eigenvalue weighted by Gasteiger charge is 2.28. The summed E-state index contributed by atoms with van der Waals surface area (Å²) in [6.45, 7) is 0.892. The first-order chi connectivity index (χ1) is 8.60. The molecule has 2 rings (SSSR count). The van der Waals surface area contributed by atoms with Crippen molar-refractivity contribution in [3.05, 3.63) is 17.8 Å². The van der Waals surface area contributed by atoms with Gasteiger partial charge in [-0.15, -0.1) is 0 Å². The lowest BCUT2D eigenvalue weighted by Crippen LogP contribution is -2.32. The van der Waals surface area contributed by atoms with Crippen LogP contribution in [0.15, 0.2) is 6.20 Å². The highest BCUT2D eigenvalue weighted by atomic mass is 19.1. The molecule has 0 saturated heterocycles. The first kappa shape index (κ1) is 12.7. The first-order valence-electron chi connectivity index (χ1n) is 5.81. The second-order valence-electron chi connectivity index (χ2n) is 4.57. The summed E-state index contributed by atoms with van der Waals surface area (Å²) in [5.74, 6) is 0.120. The van der Waals surface area contributed by atoms with E-state index in [1.807, 2.05) is 0 Å².